The largest absolute Gasteiger partial charge is 0.479 e. The number of aryl methyl sites for hydroxylation is 1. The van der Waals surface area contributed by atoms with E-state index in [0.717, 1.165) is 50.4 Å². The summed E-state index contributed by atoms with van der Waals surface area (Å²) in [6.07, 6.45) is -3.07. The Balaban J connectivity index is 0.770. The number of fused-ring (bicyclic) bond motifs is 4. The van der Waals surface area contributed by atoms with Crippen LogP contribution in [0.1, 0.15) is 97.0 Å². The van der Waals surface area contributed by atoms with Crippen LogP contribution in [0.5, 0.6) is 5.75 Å². The second kappa shape index (κ2) is 28.2. The number of nitrogens with one attached hydrogen (secondary N) is 2. The molecule has 4 aliphatic rings. The predicted molar refractivity (Wildman–Crippen MR) is 352 cm³/mol. The Labute approximate surface area is 560 Å². The Kier molecular flexibility index (Phi) is 20.1. The molecule has 8 N–H and O–H groups in total. The van der Waals surface area contributed by atoms with E-state index in [1.807, 2.05) is 60.1 Å². The lowest BCUT2D eigenvalue weighted by Crippen LogP contribution is -2.61. The summed E-state index contributed by atoms with van der Waals surface area (Å²) in [5, 5.41) is 64.6. The molecule has 9 atom stereocenters. The summed E-state index contributed by atoms with van der Waals surface area (Å²) in [4.78, 5) is 101. The van der Waals surface area contributed by atoms with Crippen molar-refractivity contribution in [3.63, 3.8) is 0 Å². The van der Waals surface area contributed by atoms with Crippen molar-refractivity contribution in [1.29, 1.82) is 0 Å². The number of imide groups is 1. The number of amides is 5. The van der Waals surface area contributed by atoms with Crippen LogP contribution in [-0.4, -0.2) is 185 Å². The number of para-hydroxylation sites is 1. The number of carbonyl (C=O) groups is 7. The van der Waals surface area contributed by atoms with Crippen LogP contribution >= 0.6 is 11.3 Å². The molecule has 4 unspecified atom stereocenters. The van der Waals surface area contributed by atoms with Crippen LogP contribution in [-0.2, 0) is 63.1 Å². The van der Waals surface area contributed by atoms with Crippen molar-refractivity contribution in [1.82, 2.24) is 34.9 Å². The number of nitrogens with zero attached hydrogens (tertiary/aromatic N) is 6. The third kappa shape index (κ3) is 15.8. The first-order valence-corrected chi connectivity index (χ1v) is 34.0. The number of aliphatic hydroxyl groups excluding tert-OH is 3. The van der Waals surface area contributed by atoms with Crippen LogP contribution in [0, 0.1) is 23.7 Å². The molecule has 2 aliphatic heterocycles. The zero-order chi connectivity index (χ0) is 69.3. The van der Waals surface area contributed by atoms with Gasteiger partial charge < -0.3 is 54.7 Å². The van der Waals surface area contributed by atoms with Gasteiger partial charge in [-0.2, -0.15) is 13.5 Å². The van der Waals surface area contributed by atoms with Gasteiger partial charge in [0.15, 0.2) is 16.9 Å². The Morgan fingerprint density at radius 3 is 2.37 bits per heavy atom. The number of aromatic carboxylic acids is 1. The van der Waals surface area contributed by atoms with E-state index in [1.54, 1.807) is 36.5 Å². The number of aliphatic hydroxyl groups is 3. The van der Waals surface area contributed by atoms with Gasteiger partial charge in [0.1, 0.15) is 37.2 Å². The molecule has 1 saturated heterocycles. The molecular formula is C68H74N8O19S2. The highest BCUT2D eigenvalue weighted by atomic mass is 32.2. The van der Waals surface area contributed by atoms with E-state index >= 15 is 0 Å². The van der Waals surface area contributed by atoms with Gasteiger partial charge in [0.05, 0.1) is 40.1 Å². The standard InChI is InChI=1S/C68H74N8O19S2/c1-38-29-66(3)34-67(4,37-76-39(2)47(31-70-76)44-18-19-48(71-55(44)61(84)85)42-17-16-41-10-7-11-45(46(41)28-42)60(83)73-64-72-49-12-5-6-13-51(49)96-64)36-68(30-38,35-66)93-25-23-74(24-26-97(89,90)91)65(88)92-33-43-15-14-40(9-8-22-69-52(77)32-75-53(78)20-21-54(75)79)27-50(43)94-63-58(82)56(80)57(81)59(95-63)62(86)87/h5-7,10-21,27-28,31,38,56-59,63,80-82H,8-9,22-26,29-30,32-37H2,1-4H3,(H,69,77)(H,84,85)(H,86,87)(H,72,73,83)(H,89,90,91)/t38?,56-,57-,58+,59-,63+,66?,67?,68?/m0/s1. The number of anilines is 1. The summed E-state index contributed by atoms with van der Waals surface area (Å²) in [6, 6.07) is 26.6. The maximum Gasteiger partial charge on any atom is 0.410 e. The zero-order valence-electron chi connectivity index (χ0n) is 53.5. The molecular weight excluding hydrogens is 1300 g/mol. The molecule has 97 heavy (non-hydrogen) atoms. The van der Waals surface area contributed by atoms with Gasteiger partial charge in [0, 0.05) is 71.8 Å². The van der Waals surface area contributed by atoms with Crippen LogP contribution in [0.25, 0.3) is 43.4 Å². The van der Waals surface area contributed by atoms with Gasteiger partial charge in [-0.15, -0.1) is 0 Å². The van der Waals surface area contributed by atoms with Crippen molar-refractivity contribution in [2.75, 3.05) is 43.9 Å². The van der Waals surface area contributed by atoms with Gasteiger partial charge in [-0.25, -0.2) is 24.4 Å². The first-order chi connectivity index (χ1) is 46.0. The topological polar surface area (TPSA) is 386 Å². The Bertz CT molecular complexity index is 4340. The van der Waals surface area contributed by atoms with E-state index in [0.29, 0.717) is 82.0 Å². The number of hydrogen-bond acceptors (Lipinski definition) is 20. The van der Waals surface area contributed by atoms with E-state index in [1.165, 1.54) is 23.5 Å². The molecule has 2 aliphatic carbocycles. The number of hydrogen-bond donors (Lipinski definition) is 8. The third-order valence-corrected chi connectivity index (χ3v) is 19.9. The highest BCUT2D eigenvalue weighted by Crippen LogP contribution is 2.60. The fraction of sp³-hybridized carbons (Fsp3) is 0.412. The predicted octanol–water partition coefficient (Wildman–Crippen LogP) is 6.79. The Morgan fingerprint density at radius 1 is 0.856 bits per heavy atom. The molecule has 2 saturated carbocycles. The summed E-state index contributed by atoms with van der Waals surface area (Å²) < 4.78 is 61.1. The molecule has 5 heterocycles. The molecule has 11 rings (SSSR count). The number of carbonyl (C=O) groups excluding carboxylic acids is 5. The smallest absolute Gasteiger partial charge is 0.410 e. The number of aliphatic carboxylic acids is 1. The SMILES string of the molecule is Cc1c(-c2ccc(-c3ccc4cccc(C(=O)Nc5nc6ccccc6s5)c4c3)nc2C(=O)O)cnn1CC1(C)CC2(C)CC(C)CC(OCCN(CCS(=O)(=O)O)C(=O)OCc3ccc(CCCNC(=O)CN4C(=O)C=CC4=O)cc3O[C@@H]3O[C@H](C(=O)O)[C@@H](O)[C@H](O)[C@H]3O)(C2)C1. The zero-order valence-corrected chi connectivity index (χ0v) is 55.1. The average molecular weight is 1370 g/mol. The fourth-order valence-corrected chi connectivity index (χ4v) is 15.8. The fourth-order valence-electron chi connectivity index (χ4n) is 14.5. The van der Waals surface area contributed by atoms with E-state index in [9.17, 15) is 72.1 Å². The summed E-state index contributed by atoms with van der Waals surface area (Å²) in [6.45, 7) is 7.11. The number of pyridine rings is 1. The van der Waals surface area contributed by atoms with Crippen molar-refractivity contribution < 1.29 is 91.0 Å². The number of aromatic nitrogens is 4. The molecule has 29 heteroatoms. The lowest BCUT2D eigenvalue weighted by Gasteiger charge is -2.58. The highest BCUT2D eigenvalue weighted by molar-refractivity contribution is 7.85. The van der Waals surface area contributed by atoms with Crippen molar-refractivity contribution in [3.8, 4) is 28.1 Å². The lowest BCUT2D eigenvalue weighted by atomic mass is 9.51. The second-order valence-corrected chi connectivity index (χ2v) is 28.9. The summed E-state index contributed by atoms with van der Waals surface area (Å²) in [5.74, 6) is -5.83. The van der Waals surface area contributed by atoms with Gasteiger partial charge in [0.25, 0.3) is 27.8 Å². The minimum absolute atomic E-state index is 0.0862. The van der Waals surface area contributed by atoms with Gasteiger partial charge in [-0.1, -0.05) is 80.6 Å². The van der Waals surface area contributed by atoms with E-state index in [2.05, 4.69) is 36.4 Å². The van der Waals surface area contributed by atoms with Crippen molar-refractivity contribution >= 4 is 89.2 Å². The Hall–Kier alpha value is -9.07. The van der Waals surface area contributed by atoms with E-state index in [-0.39, 0.29) is 60.4 Å². The minimum Gasteiger partial charge on any atom is -0.479 e. The molecule has 0 radical (unpaired) electrons. The van der Waals surface area contributed by atoms with Crippen LogP contribution < -0.4 is 15.4 Å². The number of carboxylic acids is 2. The Morgan fingerprint density at radius 2 is 1.63 bits per heavy atom. The number of rotatable bonds is 25. The highest BCUT2D eigenvalue weighted by Gasteiger charge is 2.56. The number of thiazole rings is 1. The molecule has 3 fully saturated rings. The third-order valence-electron chi connectivity index (χ3n) is 18.2. The van der Waals surface area contributed by atoms with Gasteiger partial charge in [-0.05, 0) is 127 Å². The summed E-state index contributed by atoms with van der Waals surface area (Å²) in [5.41, 5.74) is 2.88. The number of carboxylic acid groups (broad SMARTS) is 2. The number of benzene rings is 4. The van der Waals surface area contributed by atoms with Crippen LogP contribution in [0.2, 0.25) is 0 Å². The van der Waals surface area contributed by atoms with E-state index in [4.69, 9.17) is 29.0 Å². The maximum absolute atomic E-state index is 14.2. The molecule has 512 valence electrons. The second-order valence-electron chi connectivity index (χ2n) is 26.3. The summed E-state index contributed by atoms with van der Waals surface area (Å²) >= 11 is 1.37. The first kappa shape index (κ1) is 69.3. The lowest BCUT2D eigenvalue weighted by molar-refractivity contribution is -0.271. The number of ether oxygens (including phenoxy) is 4. The first-order valence-electron chi connectivity index (χ1n) is 31.5. The quantitative estimate of drug-likeness (QED) is 0.0166. The molecule has 7 aromatic rings. The van der Waals surface area contributed by atoms with Crippen LogP contribution in [0.3, 0.4) is 0 Å². The minimum atomic E-state index is -4.61. The van der Waals surface area contributed by atoms with Crippen LogP contribution in [0.4, 0.5) is 9.93 Å². The van der Waals surface area contributed by atoms with Gasteiger partial charge >= 0.3 is 18.0 Å². The molecule has 2 bridgehead atoms. The molecule has 5 amide bonds. The average Bonchev–Trinajstić information content (AvgIpc) is 1.15. The van der Waals surface area contributed by atoms with E-state index < -0.39 is 113 Å². The molecule has 4 aromatic carbocycles. The molecule has 27 nitrogen and oxygen atoms in total. The monoisotopic (exact) mass is 1370 g/mol. The van der Waals surface area contributed by atoms with Gasteiger partial charge in [-0.3, -0.25) is 38.6 Å². The summed E-state index contributed by atoms with van der Waals surface area (Å²) in [7, 11) is -4.61. The normalized spacial score (nSPS) is 23.9. The van der Waals surface area contributed by atoms with Crippen molar-refractivity contribution in [3.05, 3.63) is 137 Å². The van der Waals surface area contributed by atoms with Gasteiger partial charge in [0.2, 0.25) is 12.2 Å². The van der Waals surface area contributed by atoms with Crippen LogP contribution in [0.15, 0.2) is 109 Å². The molecule has 3 aromatic heterocycles. The van der Waals surface area contributed by atoms with Crippen molar-refractivity contribution in [2.24, 2.45) is 16.7 Å². The van der Waals surface area contributed by atoms with Crippen molar-refractivity contribution in [2.45, 2.75) is 122 Å². The maximum atomic E-state index is 14.2. The molecule has 0 spiro atoms.